The van der Waals surface area contributed by atoms with E-state index in [9.17, 15) is 19.2 Å². The largest absolute Gasteiger partial charge is 0.481 e. The Kier molecular flexibility index (Phi) is 15.2. The van der Waals surface area contributed by atoms with Crippen LogP contribution >= 0.6 is 21.6 Å². The second-order valence-electron chi connectivity index (χ2n) is 8.63. The van der Waals surface area contributed by atoms with Crippen LogP contribution in [0.3, 0.4) is 0 Å². The van der Waals surface area contributed by atoms with Crippen molar-refractivity contribution in [1.29, 1.82) is 0 Å². The molecule has 32 heavy (non-hydrogen) atoms. The molecule has 0 aromatic rings. The normalized spacial score (nSPS) is 12.2. The summed E-state index contributed by atoms with van der Waals surface area (Å²) in [5, 5.41) is 8.64. The molecule has 1 amide bonds. The number of carboxylic acid groups (broad SMARTS) is 1. The fourth-order valence-electron chi connectivity index (χ4n) is 2.30. The average molecular weight is 492 g/mol. The first kappa shape index (κ1) is 30.3. The average Bonchev–Trinajstić information content (AvgIpc) is 2.65. The van der Waals surface area contributed by atoms with E-state index in [4.69, 9.17) is 14.6 Å². The van der Waals surface area contributed by atoms with Crippen molar-refractivity contribution in [2.24, 2.45) is 5.92 Å². The van der Waals surface area contributed by atoms with E-state index in [1.54, 1.807) is 38.5 Å². The molecule has 0 atom stereocenters. The van der Waals surface area contributed by atoms with Gasteiger partial charge in [-0.15, -0.1) is 0 Å². The van der Waals surface area contributed by atoms with Crippen molar-refractivity contribution in [2.75, 3.05) is 18.9 Å². The van der Waals surface area contributed by atoms with Crippen LogP contribution in [0.4, 0.5) is 0 Å². The Bertz CT molecular complexity index is 657. The third-order valence-electron chi connectivity index (χ3n) is 3.98. The molecule has 0 aliphatic carbocycles. The van der Waals surface area contributed by atoms with E-state index in [1.165, 1.54) is 15.7 Å². The first-order valence-corrected chi connectivity index (χ1v) is 13.0. The molecule has 8 nitrogen and oxygen atoms in total. The first-order chi connectivity index (χ1) is 14.9. The number of nitrogens with zero attached hydrogens (tertiary/aromatic N) is 1. The lowest BCUT2D eigenvalue weighted by Gasteiger charge is -2.24. The molecule has 0 aliphatic heterocycles. The van der Waals surface area contributed by atoms with Crippen LogP contribution < -0.4 is 0 Å². The summed E-state index contributed by atoms with van der Waals surface area (Å²) in [5.41, 5.74) is -0.0441. The summed E-state index contributed by atoms with van der Waals surface area (Å²) in [5.74, 6) is -0.428. The van der Waals surface area contributed by atoms with Crippen molar-refractivity contribution < 1.29 is 33.8 Å². The SMILES string of the molecule is CC(=C(CCOC(=O)CCCC(=O)O)SSCCC(C)C)N(C=O)CC(=O)OC(C)(C)C. The highest BCUT2D eigenvalue weighted by Crippen LogP contribution is 2.36. The Morgan fingerprint density at radius 2 is 1.75 bits per heavy atom. The van der Waals surface area contributed by atoms with Crippen molar-refractivity contribution in [3.05, 3.63) is 10.6 Å². The molecule has 184 valence electrons. The minimum absolute atomic E-state index is 0.0414. The van der Waals surface area contributed by atoms with Crippen LogP contribution in [0.2, 0.25) is 0 Å². The molecule has 0 saturated carbocycles. The summed E-state index contributed by atoms with van der Waals surface area (Å²) in [6.07, 6.45) is 2.20. The molecule has 0 aromatic heterocycles. The Morgan fingerprint density at radius 3 is 2.28 bits per heavy atom. The quantitative estimate of drug-likeness (QED) is 0.143. The molecule has 0 radical (unpaired) electrons. The highest BCUT2D eigenvalue weighted by Gasteiger charge is 2.21. The van der Waals surface area contributed by atoms with Gasteiger partial charge in [0.2, 0.25) is 6.41 Å². The van der Waals surface area contributed by atoms with Gasteiger partial charge in [0.05, 0.1) is 6.61 Å². The molecule has 0 unspecified atom stereocenters. The smallest absolute Gasteiger partial charge is 0.326 e. The van der Waals surface area contributed by atoms with Gasteiger partial charge in [0.15, 0.2) is 0 Å². The van der Waals surface area contributed by atoms with E-state index in [0.717, 1.165) is 17.1 Å². The maximum absolute atomic E-state index is 12.2. The van der Waals surface area contributed by atoms with E-state index < -0.39 is 23.5 Å². The Hall–Kier alpha value is -1.68. The van der Waals surface area contributed by atoms with Gasteiger partial charge < -0.3 is 19.5 Å². The topological polar surface area (TPSA) is 110 Å². The third kappa shape index (κ3) is 16.0. The van der Waals surface area contributed by atoms with Crippen LogP contribution in [0.1, 0.15) is 73.6 Å². The van der Waals surface area contributed by atoms with Gasteiger partial charge in [-0.05, 0) is 46.5 Å². The van der Waals surface area contributed by atoms with Crippen molar-refractivity contribution in [3.63, 3.8) is 0 Å². The van der Waals surface area contributed by atoms with Crippen molar-refractivity contribution >= 4 is 45.9 Å². The van der Waals surface area contributed by atoms with Crippen molar-refractivity contribution in [2.45, 2.75) is 79.2 Å². The number of carbonyl (C=O) groups is 4. The van der Waals surface area contributed by atoms with Crippen molar-refractivity contribution in [1.82, 2.24) is 4.90 Å². The van der Waals surface area contributed by atoms with E-state index in [0.29, 0.717) is 24.4 Å². The van der Waals surface area contributed by atoms with Gasteiger partial charge in [0.25, 0.3) is 0 Å². The Morgan fingerprint density at radius 1 is 1.09 bits per heavy atom. The Balaban J connectivity index is 5.09. The fraction of sp³-hybridized carbons (Fsp3) is 0.727. The molecule has 10 heteroatoms. The van der Waals surface area contributed by atoms with Crippen LogP contribution in [0.5, 0.6) is 0 Å². The zero-order chi connectivity index (χ0) is 24.7. The van der Waals surface area contributed by atoms with E-state index >= 15 is 0 Å². The number of aliphatic carboxylic acids is 1. The van der Waals surface area contributed by atoms with Gasteiger partial charge in [-0.25, -0.2) is 0 Å². The molecule has 0 spiro atoms. The highest BCUT2D eigenvalue weighted by molar-refractivity contribution is 8.78. The summed E-state index contributed by atoms with van der Waals surface area (Å²) in [7, 11) is 3.15. The monoisotopic (exact) mass is 491 g/mol. The molecule has 0 fully saturated rings. The standard InChI is InChI=1S/C22H37NO7S2/c1-16(2)11-13-31-32-18(10-12-29-20(27)9-7-8-19(25)26)17(3)23(15-24)14-21(28)30-22(4,5)6/h15-16H,7-14H2,1-6H3,(H,25,26). The molecule has 0 heterocycles. The lowest BCUT2D eigenvalue weighted by Crippen LogP contribution is -2.33. The van der Waals surface area contributed by atoms with Gasteiger partial charge >= 0.3 is 17.9 Å². The van der Waals surface area contributed by atoms with Crippen molar-refractivity contribution in [3.8, 4) is 0 Å². The number of ether oxygens (including phenoxy) is 2. The van der Waals surface area contributed by atoms with Gasteiger partial charge in [-0.2, -0.15) is 0 Å². The number of esters is 2. The van der Waals surface area contributed by atoms with Crippen LogP contribution in [0.25, 0.3) is 0 Å². The zero-order valence-corrected chi connectivity index (χ0v) is 21.6. The van der Waals surface area contributed by atoms with Gasteiger partial charge in [0, 0.05) is 35.6 Å². The van der Waals surface area contributed by atoms with E-state index in [2.05, 4.69) is 13.8 Å². The number of amides is 1. The summed E-state index contributed by atoms with van der Waals surface area (Å²) in [6.45, 7) is 11.2. The molecule has 0 aromatic carbocycles. The zero-order valence-electron chi connectivity index (χ0n) is 20.0. The van der Waals surface area contributed by atoms with Crippen LogP contribution in [0.15, 0.2) is 10.6 Å². The number of rotatable bonds is 16. The molecule has 0 rings (SSSR count). The minimum atomic E-state index is -0.951. The summed E-state index contributed by atoms with van der Waals surface area (Å²) < 4.78 is 10.5. The maximum atomic E-state index is 12.2. The number of hydrogen-bond donors (Lipinski definition) is 1. The Labute approximate surface area is 199 Å². The first-order valence-electron chi connectivity index (χ1n) is 10.7. The molecular formula is C22H37NO7S2. The number of hydrogen-bond acceptors (Lipinski definition) is 8. The predicted molar refractivity (Wildman–Crippen MR) is 128 cm³/mol. The molecular weight excluding hydrogens is 454 g/mol. The summed E-state index contributed by atoms with van der Waals surface area (Å²) >= 11 is 0. The lowest BCUT2D eigenvalue weighted by atomic mass is 10.2. The van der Waals surface area contributed by atoms with E-state index in [-0.39, 0.29) is 32.4 Å². The molecule has 0 saturated heterocycles. The molecule has 0 bridgehead atoms. The van der Waals surface area contributed by atoms with Gasteiger partial charge in [-0.3, -0.25) is 19.2 Å². The molecule has 1 N–H and O–H groups in total. The highest BCUT2D eigenvalue weighted by atomic mass is 33.1. The summed E-state index contributed by atoms with van der Waals surface area (Å²) in [6, 6.07) is 0. The number of carbonyl (C=O) groups excluding carboxylic acids is 3. The van der Waals surface area contributed by atoms with Gasteiger partial charge in [0.1, 0.15) is 12.1 Å². The van der Waals surface area contributed by atoms with Crippen LogP contribution in [0, 0.1) is 5.92 Å². The van der Waals surface area contributed by atoms with Gasteiger partial charge in [-0.1, -0.05) is 35.4 Å². The minimum Gasteiger partial charge on any atom is -0.481 e. The summed E-state index contributed by atoms with van der Waals surface area (Å²) in [4.78, 5) is 48.3. The molecule has 0 aliphatic rings. The third-order valence-corrected chi connectivity index (χ3v) is 6.66. The fourth-order valence-corrected chi connectivity index (χ4v) is 5.08. The maximum Gasteiger partial charge on any atom is 0.326 e. The number of allylic oxidation sites excluding steroid dienone is 1. The van der Waals surface area contributed by atoms with E-state index in [1.807, 2.05) is 0 Å². The van der Waals surface area contributed by atoms with Crippen LogP contribution in [-0.2, 0) is 28.7 Å². The van der Waals surface area contributed by atoms with Crippen LogP contribution in [-0.4, -0.2) is 58.8 Å². The second-order valence-corrected chi connectivity index (χ2v) is 11.1. The number of carboxylic acids is 1. The predicted octanol–water partition coefficient (Wildman–Crippen LogP) is 4.63. The second kappa shape index (κ2) is 16.0. The lowest BCUT2D eigenvalue weighted by molar-refractivity contribution is -0.156.